The molecule has 0 rings (SSSR count). The third kappa shape index (κ3) is 79.4. The standard InChI is InChI=1S/C83H162NO8P/c1-6-8-10-12-14-16-18-20-22-24-26-28-30-32-34-36-38-39-40-41-42-43-44-45-46-48-50-52-54-56-58-60-62-64-66-68-70-72-74-76-83(86)92-81(80-91-93(87,88)90-78-77-84(3,4)5)79-89-82(85)75-73-71-69-67-65-63-61-59-57-55-53-51-49-47-37-35-33-31-29-27-25-23-21-19-17-15-13-11-9-7-2/h18,20,24,26,81H,6-17,19,21-23,25,27-80H2,1-5H3/p+1/b20-18-,26-24-. The van der Waals surface area contributed by atoms with E-state index in [2.05, 4.69) is 38.2 Å². The summed E-state index contributed by atoms with van der Waals surface area (Å²) >= 11 is 0. The van der Waals surface area contributed by atoms with Gasteiger partial charge in [0.2, 0.25) is 0 Å². The molecule has 552 valence electrons. The zero-order valence-electron chi connectivity index (χ0n) is 63.3. The van der Waals surface area contributed by atoms with Gasteiger partial charge in [-0.05, 0) is 44.9 Å². The second kappa shape index (κ2) is 74.7. The second-order valence-electron chi connectivity index (χ2n) is 29.9. The van der Waals surface area contributed by atoms with Crippen LogP contribution in [0.25, 0.3) is 0 Å². The SMILES string of the molecule is CCCCCCC/C=C\C/C=C\CCCCCCCCCCCCCCCCCCCCCCCCCCCCCC(=O)OC(COC(=O)CCCCCCCCCCCCCCCCCCCCCCCCCCCCCCCC)COP(=O)(O)OCC[N+](C)(C)C. The number of carbonyl (C=O) groups is 2. The van der Waals surface area contributed by atoms with Gasteiger partial charge in [-0.2, -0.15) is 0 Å². The summed E-state index contributed by atoms with van der Waals surface area (Å²) in [4.78, 5) is 36.0. The zero-order valence-corrected chi connectivity index (χ0v) is 64.2. The molecule has 0 aromatic heterocycles. The highest BCUT2D eigenvalue weighted by atomic mass is 31.2. The van der Waals surface area contributed by atoms with Crippen molar-refractivity contribution in [2.45, 2.75) is 450 Å². The van der Waals surface area contributed by atoms with Crippen molar-refractivity contribution in [1.82, 2.24) is 0 Å². The molecule has 0 aromatic rings. The van der Waals surface area contributed by atoms with Crippen molar-refractivity contribution in [2.75, 3.05) is 47.5 Å². The van der Waals surface area contributed by atoms with Crippen molar-refractivity contribution < 1.29 is 42.1 Å². The van der Waals surface area contributed by atoms with Crippen LogP contribution in [0.3, 0.4) is 0 Å². The van der Waals surface area contributed by atoms with Crippen molar-refractivity contribution in [3.8, 4) is 0 Å². The minimum Gasteiger partial charge on any atom is -0.462 e. The molecular formula is C83H163NO8P+. The van der Waals surface area contributed by atoms with Crippen LogP contribution in [0.15, 0.2) is 24.3 Å². The van der Waals surface area contributed by atoms with Crippen LogP contribution in [-0.4, -0.2) is 74.9 Å². The Morgan fingerprint density at radius 3 is 0.849 bits per heavy atom. The molecule has 0 aliphatic heterocycles. The van der Waals surface area contributed by atoms with Gasteiger partial charge in [-0.3, -0.25) is 18.6 Å². The Balaban J connectivity index is 3.87. The monoisotopic (exact) mass is 1330 g/mol. The maximum atomic E-state index is 12.9. The molecule has 10 heteroatoms. The lowest BCUT2D eigenvalue weighted by Gasteiger charge is -2.24. The quantitative estimate of drug-likeness (QED) is 0.0211. The number of hydrogen-bond acceptors (Lipinski definition) is 7. The van der Waals surface area contributed by atoms with Crippen LogP contribution in [-0.2, 0) is 32.7 Å². The molecule has 9 nitrogen and oxygen atoms in total. The van der Waals surface area contributed by atoms with E-state index in [0.717, 1.165) is 44.9 Å². The smallest absolute Gasteiger partial charge is 0.462 e. The maximum absolute atomic E-state index is 12.9. The van der Waals surface area contributed by atoms with Crippen LogP contribution < -0.4 is 0 Å². The number of likely N-dealkylation sites (N-methyl/N-ethyl adjacent to an activating group) is 1. The minimum atomic E-state index is -4.39. The number of phosphoric acid groups is 1. The van der Waals surface area contributed by atoms with Crippen molar-refractivity contribution in [3.63, 3.8) is 0 Å². The van der Waals surface area contributed by atoms with Gasteiger partial charge >= 0.3 is 19.8 Å². The fraction of sp³-hybridized carbons (Fsp3) is 0.928. The number of phosphoric ester groups is 1. The number of allylic oxidation sites excluding steroid dienone is 4. The number of quaternary nitrogens is 1. The molecule has 0 radical (unpaired) electrons. The van der Waals surface area contributed by atoms with Crippen molar-refractivity contribution >= 4 is 19.8 Å². The molecule has 0 saturated carbocycles. The van der Waals surface area contributed by atoms with Crippen LogP contribution in [0.2, 0.25) is 0 Å². The first-order chi connectivity index (χ1) is 45.5. The highest BCUT2D eigenvalue weighted by molar-refractivity contribution is 7.47. The maximum Gasteiger partial charge on any atom is 0.472 e. The molecule has 0 saturated heterocycles. The van der Waals surface area contributed by atoms with E-state index in [1.54, 1.807) is 0 Å². The summed E-state index contributed by atoms with van der Waals surface area (Å²) < 4.78 is 34.9. The van der Waals surface area contributed by atoms with Crippen molar-refractivity contribution in [1.29, 1.82) is 0 Å². The fourth-order valence-electron chi connectivity index (χ4n) is 12.9. The Morgan fingerprint density at radius 2 is 0.581 bits per heavy atom. The topological polar surface area (TPSA) is 108 Å². The minimum absolute atomic E-state index is 0.0366. The molecule has 0 aliphatic rings. The molecule has 1 N–H and O–H groups in total. The summed E-state index contributed by atoms with van der Waals surface area (Å²) in [5.74, 6) is -0.767. The predicted octanol–water partition coefficient (Wildman–Crippen LogP) is 27.6. The molecule has 2 unspecified atom stereocenters. The van der Waals surface area contributed by atoms with E-state index < -0.39 is 26.5 Å². The summed E-state index contributed by atoms with van der Waals surface area (Å²) in [7, 11) is 1.51. The number of rotatable bonds is 79. The molecular weight excluding hydrogens is 1170 g/mol. The Bertz CT molecular complexity index is 1610. The van der Waals surface area contributed by atoms with Gasteiger partial charge in [-0.15, -0.1) is 0 Å². The van der Waals surface area contributed by atoms with Crippen LogP contribution in [0, 0.1) is 0 Å². The van der Waals surface area contributed by atoms with E-state index in [4.69, 9.17) is 18.5 Å². The van der Waals surface area contributed by atoms with Crippen LogP contribution >= 0.6 is 7.82 Å². The second-order valence-corrected chi connectivity index (χ2v) is 31.3. The molecule has 0 aromatic carbocycles. The van der Waals surface area contributed by atoms with Crippen LogP contribution in [0.5, 0.6) is 0 Å². The molecule has 0 aliphatic carbocycles. The Hall–Kier alpha value is -1.51. The summed E-state index contributed by atoms with van der Waals surface area (Å²) in [6, 6.07) is 0. The summed E-state index contributed by atoms with van der Waals surface area (Å²) in [5, 5.41) is 0. The molecule has 2 atom stereocenters. The molecule has 0 bridgehead atoms. The summed E-state index contributed by atoms with van der Waals surface area (Å²) in [5.41, 5.74) is 0. The van der Waals surface area contributed by atoms with E-state index in [-0.39, 0.29) is 25.6 Å². The van der Waals surface area contributed by atoms with E-state index in [0.29, 0.717) is 17.4 Å². The van der Waals surface area contributed by atoms with Gasteiger partial charge in [0.05, 0.1) is 27.7 Å². The summed E-state index contributed by atoms with van der Waals surface area (Å²) in [6.45, 7) is 4.52. The third-order valence-corrected chi connectivity index (χ3v) is 20.2. The lowest BCUT2D eigenvalue weighted by Crippen LogP contribution is -2.37. The third-order valence-electron chi connectivity index (χ3n) is 19.2. The van der Waals surface area contributed by atoms with E-state index in [9.17, 15) is 19.0 Å². The van der Waals surface area contributed by atoms with E-state index in [1.165, 1.54) is 372 Å². The van der Waals surface area contributed by atoms with E-state index in [1.807, 2.05) is 21.1 Å². The zero-order chi connectivity index (χ0) is 67.6. The molecule has 0 heterocycles. The molecule has 0 spiro atoms. The van der Waals surface area contributed by atoms with Gasteiger partial charge in [0.1, 0.15) is 19.8 Å². The average molecular weight is 1330 g/mol. The number of unbranched alkanes of at least 4 members (excludes halogenated alkanes) is 61. The Morgan fingerprint density at radius 1 is 0.333 bits per heavy atom. The normalized spacial score (nSPS) is 13.1. The molecule has 93 heavy (non-hydrogen) atoms. The van der Waals surface area contributed by atoms with Crippen LogP contribution in [0.1, 0.15) is 444 Å². The highest BCUT2D eigenvalue weighted by Crippen LogP contribution is 2.43. The van der Waals surface area contributed by atoms with E-state index >= 15 is 0 Å². The average Bonchev–Trinajstić information content (AvgIpc) is 2.01. The Labute approximate surface area is 580 Å². The lowest BCUT2D eigenvalue weighted by atomic mass is 10.0. The van der Waals surface area contributed by atoms with Gasteiger partial charge in [0, 0.05) is 12.8 Å². The predicted molar refractivity (Wildman–Crippen MR) is 404 cm³/mol. The number of carbonyl (C=O) groups excluding carboxylic acids is 2. The fourth-order valence-corrected chi connectivity index (χ4v) is 13.6. The highest BCUT2D eigenvalue weighted by Gasteiger charge is 2.27. The van der Waals surface area contributed by atoms with Gasteiger partial charge < -0.3 is 18.9 Å². The molecule has 0 amide bonds. The van der Waals surface area contributed by atoms with Gasteiger partial charge in [-0.1, -0.05) is 411 Å². The van der Waals surface area contributed by atoms with Gasteiger partial charge in [0.25, 0.3) is 0 Å². The Kier molecular flexibility index (Phi) is 73.5. The first-order valence-electron chi connectivity index (χ1n) is 41.6. The molecule has 0 fully saturated rings. The number of nitrogens with zero attached hydrogens (tertiary/aromatic N) is 1. The van der Waals surface area contributed by atoms with Crippen LogP contribution in [0.4, 0.5) is 0 Å². The number of esters is 2. The van der Waals surface area contributed by atoms with Gasteiger partial charge in [0.15, 0.2) is 6.10 Å². The van der Waals surface area contributed by atoms with Gasteiger partial charge in [-0.25, -0.2) is 4.57 Å². The first-order valence-corrected chi connectivity index (χ1v) is 43.1. The first kappa shape index (κ1) is 91.5. The lowest BCUT2D eigenvalue weighted by molar-refractivity contribution is -0.870. The van der Waals surface area contributed by atoms with Crippen molar-refractivity contribution in [2.24, 2.45) is 0 Å². The van der Waals surface area contributed by atoms with Crippen molar-refractivity contribution in [3.05, 3.63) is 24.3 Å². The summed E-state index contributed by atoms with van der Waals surface area (Å²) in [6.07, 6.45) is 96.4. The number of hydrogen-bond donors (Lipinski definition) is 1. The number of ether oxygens (including phenoxy) is 2. The largest absolute Gasteiger partial charge is 0.472 e.